The monoisotopic (exact) mass is 275 g/mol. The Morgan fingerprint density at radius 2 is 2.00 bits per heavy atom. The molecule has 0 fully saturated rings. The van der Waals surface area contributed by atoms with Crippen molar-refractivity contribution in [3.8, 4) is 0 Å². The molecule has 1 aromatic carbocycles. The highest BCUT2D eigenvalue weighted by Gasteiger charge is 2.25. The van der Waals surface area contributed by atoms with Gasteiger partial charge in [-0.15, -0.1) is 0 Å². The molecule has 4 heteroatoms. The summed E-state index contributed by atoms with van der Waals surface area (Å²) >= 11 is 0. The van der Waals surface area contributed by atoms with Crippen molar-refractivity contribution in [1.82, 2.24) is 0 Å². The zero-order valence-corrected chi connectivity index (χ0v) is 11.9. The fourth-order valence-corrected chi connectivity index (χ4v) is 2.53. The van der Waals surface area contributed by atoms with E-state index in [1.54, 1.807) is 6.07 Å². The zero-order valence-electron chi connectivity index (χ0n) is 11.9. The van der Waals surface area contributed by atoms with Gasteiger partial charge in [0.05, 0.1) is 11.3 Å². The maximum Gasteiger partial charge on any atom is 0.368 e. The van der Waals surface area contributed by atoms with Crippen LogP contribution in [0.2, 0.25) is 0 Å². The van der Waals surface area contributed by atoms with Gasteiger partial charge in [-0.2, -0.15) is 0 Å². The number of hydrogen-bond donors (Lipinski definition) is 0. The molecule has 0 aromatic heterocycles. The van der Waals surface area contributed by atoms with E-state index in [9.17, 15) is 9.18 Å². The van der Waals surface area contributed by atoms with E-state index in [4.69, 9.17) is 4.84 Å². The maximum atomic E-state index is 13.4. The summed E-state index contributed by atoms with van der Waals surface area (Å²) in [4.78, 5) is 16.6. The summed E-state index contributed by atoms with van der Waals surface area (Å²) in [6, 6.07) is 5.70. The van der Waals surface area contributed by atoms with E-state index in [2.05, 4.69) is 19.0 Å². The molecule has 0 radical (unpaired) electrons. The van der Waals surface area contributed by atoms with Crippen LogP contribution in [0.5, 0.6) is 0 Å². The van der Waals surface area contributed by atoms with Crippen molar-refractivity contribution >= 4 is 11.7 Å². The molecule has 0 heterocycles. The first-order chi connectivity index (χ1) is 9.37. The summed E-state index contributed by atoms with van der Waals surface area (Å²) < 4.78 is 13.4. The number of benzene rings is 1. The van der Waals surface area contributed by atoms with E-state index in [0.29, 0.717) is 5.71 Å². The average molecular weight is 275 g/mol. The van der Waals surface area contributed by atoms with Gasteiger partial charge in [-0.3, -0.25) is 0 Å². The average Bonchev–Trinajstić information content (AvgIpc) is 2.34. The predicted molar refractivity (Wildman–Crippen MR) is 76.0 cm³/mol. The van der Waals surface area contributed by atoms with Crippen LogP contribution in [0, 0.1) is 11.2 Å². The SMILES string of the molecule is CC1=C/C(=N\OC(=O)c2ccccc2F)CC(C)(C)C1. The van der Waals surface area contributed by atoms with E-state index in [0.717, 1.165) is 12.8 Å². The van der Waals surface area contributed by atoms with Gasteiger partial charge in [0.25, 0.3) is 0 Å². The highest BCUT2D eigenvalue weighted by Crippen LogP contribution is 2.33. The largest absolute Gasteiger partial charge is 0.368 e. The zero-order chi connectivity index (χ0) is 14.8. The lowest BCUT2D eigenvalue weighted by atomic mass is 9.77. The molecule has 3 nitrogen and oxygen atoms in total. The number of carbonyl (C=O) groups excluding carboxylic acids is 1. The van der Waals surface area contributed by atoms with Crippen molar-refractivity contribution in [3.63, 3.8) is 0 Å². The summed E-state index contributed by atoms with van der Waals surface area (Å²) in [6.07, 6.45) is 3.64. The molecule has 0 saturated heterocycles. The molecule has 2 rings (SSSR count). The maximum absolute atomic E-state index is 13.4. The first-order valence-electron chi connectivity index (χ1n) is 6.57. The minimum Gasteiger partial charge on any atom is -0.312 e. The minimum absolute atomic E-state index is 0.0993. The Labute approximate surface area is 118 Å². The van der Waals surface area contributed by atoms with Gasteiger partial charge in [-0.1, -0.05) is 36.7 Å². The second kappa shape index (κ2) is 5.57. The molecular formula is C16H18FNO2. The molecule has 0 aliphatic heterocycles. The number of rotatable bonds is 2. The Balaban J connectivity index is 2.12. The van der Waals surface area contributed by atoms with Crippen LogP contribution in [0.15, 0.2) is 41.1 Å². The van der Waals surface area contributed by atoms with Crippen LogP contribution in [0.1, 0.15) is 44.0 Å². The molecule has 1 aliphatic carbocycles. The fourth-order valence-electron chi connectivity index (χ4n) is 2.53. The Hall–Kier alpha value is -1.97. The highest BCUT2D eigenvalue weighted by atomic mass is 19.1. The Morgan fingerprint density at radius 3 is 2.65 bits per heavy atom. The second-order valence-electron chi connectivity index (χ2n) is 5.95. The summed E-state index contributed by atoms with van der Waals surface area (Å²) in [5.74, 6) is -1.38. The molecule has 0 spiro atoms. The lowest BCUT2D eigenvalue weighted by molar-refractivity contribution is 0.0509. The van der Waals surface area contributed by atoms with Crippen molar-refractivity contribution in [2.24, 2.45) is 10.6 Å². The molecule has 0 unspecified atom stereocenters. The van der Waals surface area contributed by atoms with Gasteiger partial charge in [0.1, 0.15) is 5.82 Å². The normalized spacial score (nSPS) is 19.6. The van der Waals surface area contributed by atoms with Gasteiger partial charge in [-0.25, -0.2) is 9.18 Å². The van der Waals surface area contributed by atoms with Crippen molar-refractivity contribution < 1.29 is 14.0 Å². The van der Waals surface area contributed by atoms with Gasteiger partial charge < -0.3 is 4.84 Å². The molecule has 1 aliphatic rings. The van der Waals surface area contributed by atoms with Crippen LogP contribution in [-0.2, 0) is 4.84 Å². The summed E-state index contributed by atoms with van der Waals surface area (Å²) in [5.41, 5.74) is 1.90. The van der Waals surface area contributed by atoms with Crippen LogP contribution >= 0.6 is 0 Å². The summed E-state index contributed by atoms with van der Waals surface area (Å²) in [7, 11) is 0. The Kier molecular flexibility index (Phi) is 4.02. The third kappa shape index (κ3) is 3.53. The fraction of sp³-hybridized carbons (Fsp3) is 0.375. The van der Waals surface area contributed by atoms with Crippen LogP contribution in [0.25, 0.3) is 0 Å². The van der Waals surface area contributed by atoms with E-state index >= 15 is 0 Å². The van der Waals surface area contributed by atoms with Crippen LogP contribution < -0.4 is 0 Å². The van der Waals surface area contributed by atoms with Crippen molar-refractivity contribution in [3.05, 3.63) is 47.3 Å². The molecule has 0 N–H and O–H groups in total. The third-order valence-corrected chi connectivity index (χ3v) is 3.17. The van der Waals surface area contributed by atoms with E-state index in [-0.39, 0.29) is 11.0 Å². The lowest BCUT2D eigenvalue weighted by Gasteiger charge is -2.28. The van der Waals surface area contributed by atoms with E-state index < -0.39 is 11.8 Å². The number of carbonyl (C=O) groups is 1. The first-order valence-corrected chi connectivity index (χ1v) is 6.57. The van der Waals surface area contributed by atoms with Crippen molar-refractivity contribution in [2.45, 2.75) is 33.6 Å². The van der Waals surface area contributed by atoms with Crippen LogP contribution in [-0.4, -0.2) is 11.7 Å². The third-order valence-electron chi connectivity index (χ3n) is 3.17. The number of hydrogen-bond acceptors (Lipinski definition) is 3. The number of nitrogens with zero attached hydrogens (tertiary/aromatic N) is 1. The van der Waals surface area contributed by atoms with E-state index in [1.165, 1.54) is 23.8 Å². The molecule has 106 valence electrons. The van der Waals surface area contributed by atoms with Crippen molar-refractivity contribution in [2.75, 3.05) is 0 Å². The first kappa shape index (κ1) is 14.4. The molecule has 0 saturated carbocycles. The molecule has 1 aromatic rings. The topological polar surface area (TPSA) is 38.7 Å². The number of allylic oxidation sites excluding steroid dienone is 2. The predicted octanol–water partition coefficient (Wildman–Crippen LogP) is 4.10. The lowest BCUT2D eigenvalue weighted by Crippen LogP contribution is -2.21. The molecule has 0 atom stereocenters. The highest BCUT2D eigenvalue weighted by molar-refractivity contribution is 5.97. The smallest absolute Gasteiger partial charge is 0.312 e. The number of halogens is 1. The summed E-state index contributed by atoms with van der Waals surface area (Å²) in [5, 5.41) is 3.87. The van der Waals surface area contributed by atoms with Gasteiger partial charge in [0.2, 0.25) is 0 Å². The quantitative estimate of drug-likeness (QED) is 0.602. The standard InChI is InChI=1S/C16H18FNO2/c1-11-8-12(10-16(2,3)9-11)18-20-15(19)13-6-4-5-7-14(13)17/h4-8H,9-10H2,1-3H3/b18-12+. The minimum atomic E-state index is -0.773. The van der Waals surface area contributed by atoms with Gasteiger partial charge in [0.15, 0.2) is 0 Å². The Morgan fingerprint density at radius 1 is 1.30 bits per heavy atom. The van der Waals surface area contributed by atoms with E-state index in [1.807, 2.05) is 13.0 Å². The molecule has 20 heavy (non-hydrogen) atoms. The second-order valence-corrected chi connectivity index (χ2v) is 5.95. The van der Waals surface area contributed by atoms with Crippen LogP contribution in [0.4, 0.5) is 4.39 Å². The number of oxime groups is 1. The molecule has 0 amide bonds. The van der Waals surface area contributed by atoms with Crippen molar-refractivity contribution in [1.29, 1.82) is 0 Å². The van der Waals surface area contributed by atoms with Crippen LogP contribution in [0.3, 0.4) is 0 Å². The van der Waals surface area contributed by atoms with Gasteiger partial charge >= 0.3 is 5.97 Å². The van der Waals surface area contributed by atoms with Gasteiger partial charge in [0, 0.05) is 0 Å². The summed E-state index contributed by atoms with van der Waals surface area (Å²) in [6.45, 7) is 6.30. The Bertz CT molecular complexity index is 588. The molecular weight excluding hydrogens is 257 g/mol. The van der Waals surface area contributed by atoms with Gasteiger partial charge in [-0.05, 0) is 43.4 Å². The molecule has 0 bridgehead atoms.